The van der Waals surface area contributed by atoms with E-state index in [1.54, 1.807) is 5.56 Å². The van der Waals surface area contributed by atoms with Gasteiger partial charge < -0.3 is 0 Å². The Morgan fingerprint density at radius 2 is 1.93 bits per heavy atom. The van der Waals surface area contributed by atoms with Crippen LogP contribution < -0.4 is 0 Å². The smallest absolute Gasteiger partial charge is 0.0705 e. The molecule has 0 N–H and O–H groups in total. The van der Waals surface area contributed by atoms with Crippen LogP contribution in [0, 0.1) is 0 Å². The minimum absolute atomic E-state index is 0.773. The van der Waals surface area contributed by atoms with Gasteiger partial charge in [-0.3, -0.25) is 4.98 Å². The van der Waals surface area contributed by atoms with Crippen molar-refractivity contribution in [2.24, 2.45) is 0 Å². The summed E-state index contributed by atoms with van der Waals surface area (Å²) < 4.78 is 0. The normalized spacial score (nSPS) is 27.2. The fourth-order valence-corrected chi connectivity index (χ4v) is 3.31. The molecule has 1 aromatic heterocycles. The first-order valence-electron chi connectivity index (χ1n) is 5.81. The Balaban J connectivity index is 2.06. The van der Waals surface area contributed by atoms with E-state index < -0.39 is 0 Å². The van der Waals surface area contributed by atoms with Crippen LogP contribution in [0.2, 0.25) is 0 Å². The first kappa shape index (κ1) is 7.86. The van der Waals surface area contributed by atoms with Crippen molar-refractivity contribution in [2.75, 3.05) is 0 Å². The zero-order valence-electron chi connectivity index (χ0n) is 8.61. The molecule has 1 saturated carbocycles. The Kier molecular flexibility index (Phi) is 1.36. The zero-order valence-corrected chi connectivity index (χ0v) is 8.61. The van der Waals surface area contributed by atoms with Crippen molar-refractivity contribution in [2.45, 2.75) is 31.1 Å². The van der Waals surface area contributed by atoms with Gasteiger partial charge in [-0.1, -0.05) is 18.2 Å². The summed E-state index contributed by atoms with van der Waals surface area (Å²) in [5.41, 5.74) is 4.12. The van der Waals surface area contributed by atoms with E-state index in [1.165, 1.54) is 35.9 Å². The SMILES string of the molecule is c1ccc2nc3c(cc2c1)C1CCC3C1. The molecule has 1 nitrogen and oxygen atoms in total. The molecule has 1 heteroatoms. The van der Waals surface area contributed by atoms with Gasteiger partial charge in [-0.05, 0) is 42.9 Å². The Bertz CT molecular complexity index is 496. The van der Waals surface area contributed by atoms with E-state index in [-0.39, 0.29) is 0 Å². The fraction of sp³-hybridized carbons (Fsp3) is 0.357. The molecule has 2 atom stereocenters. The lowest BCUT2D eigenvalue weighted by molar-refractivity contribution is 0.701. The number of hydrogen-bond donors (Lipinski definition) is 0. The van der Waals surface area contributed by atoms with E-state index in [1.807, 2.05) is 0 Å². The van der Waals surface area contributed by atoms with Crippen molar-refractivity contribution < 1.29 is 0 Å². The lowest BCUT2D eigenvalue weighted by Crippen LogP contribution is -2.00. The average molecular weight is 195 g/mol. The Morgan fingerprint density at radius 3 is 2.93 bits per heavy atom. The third kappa shape index (κ3) is 0.956. The van der Waals surface area contributed by atoms with Crippen LogP contribution in [0.25, 0.3) is 10.9 Å². The van der Waals surface area contributed by atoms with Gasteiger partial charge >= 0.3 is 0 Å². The number of fused-ring (bicyclic) bond motifs is 6. The Morgan fingerprint density at radius 1 is 1.07 bits per heavy atom. The molecule has 2 unspecified atom stereocenters. The molecule has 1 aromatic carbocycles. The van der Waals surface area contributed by atoms with Crippen LogP contribution in [0.1, 0.15) is 42.4 Å². The van der Waals surface area contributed by atoms with Gasteiger partial charge in [0.25, 0.3) is 0 Å². The minimum Gasteiger partial charge on any atom is -0.252 e. The van der Waals surface area contributed by atoms with Crippen molar-refractivity contribution in [3.63, 3.8) is 0 Å². The van der Waals surface area contributed by atoms with Gasteiger partial charge in [0, 0.05) is 17.0 Å². The summed E-state index contributed by atoms with van der Waals surface area (Å²) in [5, 5.41) is 1.31. The molecule has 4 rings (SSSR count). The second kappa shape index (κ2) is 2.60. The van der Waals surface area contributed by atoms with Crippen LogP contribution in [0.5, 0.6) is 0 Å². The van der Waals surface area contributed by atoms with Crippen LogP contribution in [0.15, 0.2) is 30.3 Å². The van der Waals surface area contributed by atoms with Crippen molar-refractivity contribution >= 4 is 10.9 Å². The molecule has 74 valence electrons. The summed E-state index contributed by atoms with van der Waals surface area (Å²) in [6, 6.07) is 10.9. The Hall–Kier alpha value is -1.37. The quantitative estimate of drug-likeness (QED) is 0.626. The van der Waals surface area contributed by atoms with Crippen molar-refractivity contribution in [3.05, 3.63) is 41.6 Å². The van der Waals surface area contributed by atoms with Gasteiger partial charge in [0.2, 0.25) is 0 Å². The van der Waals surface area contributed by atoms with Crippen molar-refractivity contribution in [1.29, 1.82) is 0 Å². The molecule has 2 aliphatic rings. The molecular weight excluding hydrogens is 182 g/mol. The van der Waals surface area contributed by atoms with E-state index in [0.29, 0.717) is 0 Å². The molecule has 15 heavy (non-hydrogen) atoms. The molecule has 0 saturated heterocycles. The molecule has 1 fully saturated rings. The zero-order chi connectivity index (χ0) is 9.83. The summed E-state index contributed by atoms with van der Waals surface area (Å²) in [7, 11) is 0. The van der Waals surface area contributed by atoms with E-state index in [9.17, 15) is 0 Å². The first-order valence-corrected chi connectivity index (χ1v) is 5.81. The largest absolute Gasteiger partial charge is 0.252 e. The summed E-state index contributed by atoms with van der Waals surface area (Å²) >= 11 is 0. The molecule has 1 heterocycles. The van der Waals surface area contributed by atoms with Gasteiger partial charge in [-0.25, -0.2) is 0 Å². The molecule has 0 aliphatic heterocycles. The summed E-state index contributed by atoms with van der Waals surface area (Å²) in [6.07, 6.45) is 4.11. The third-order valence-corrected chi connectivity index (χ3v) is 4.04. The van der Waals surface area contributed by atoms with E-state index in [4.69, 9.17) is 4.98 Å². The second-order valence-corrected chi connectivity index (χ2v) is 4.86. The molecule has 0 radical (unpaired) electrons. The number of aromatic nitrogens is 1. The third-order valence-electron chi connectivity index (χ3n) is 4.04. The maximum Gasteiger partial charge on any atom is 0.0705 e. The van der Waals surface area contributed by atoms with Crippen LogP contribution in [-0.4, -0.2) is 4.98 Å². The number of benzene rings is 1. The van der Waals surface area contributed by atoms with Crippen LogP contribution in [0.4, 0.5) is 0 Å². The molecule has 2 bridgehead atoms. The van der Waals surface area contributed by atoms with Crippen LogP contribution >= 0.6 is 0 Å². The van der Waals surface area contributed by atoms with Crippen molar-refractivity contribution in [1.82, 2.24) is 4.98 Å². The number of pyridine rings is 1. The van der Waals surface area contributed by atoms with Gasteiger partial charge in [0.15, 0.2) is 0 Å². The standard InChI is InChI=1S/C14H13N/c1-2-4-13-10(3-1)8-12-9-5-6-11(7-9)14(12)15-13/h1-4,8-9,11H,5-7H2. The van der Waals surface area contributed by atoms with Crippen molar-refractivity contribution in [3.8, 4) is 0 Å². The van der Waals surface area contributed by atoms with Gasteiger partial charge in [-0.2, -0.15) is 0 Å². The summed E-state index contributed by atoms with van der Waals surface area (Å²) in [4.78, 5) is 4.84. The molecule has 2 aromatic rings. The van der Waals surface area contributed by atoms with Gasteiger partial charge in [0.1, 0.15) is 0 Å². The predicted octanol–water partition coefficient (Wildman–Crippen LogP) is 3.60. The van der Waals surface area contributed by atoms with E-state index in [0.717, 1.165) is 11.8 Å². The number of rotatable bonds is 0. The lowest BCUT2D eigenvalue weighted by atomic mass is 9.95. The molecule has 2 aliphatic carbocycles. The molecular formula is C14H13N. The highest BCUT2D eigenvalue weighted by molar-refractivity contribution is 5.80. The molecule has 0 amide bonds. The maximum atomic E-state index is 4.84. The topological polar surface area (TPSA) is 12.9 Å². The van der Waals surface area contributed by atoms with E-state index in [2.05, 4.69) is 30.3 Å². The number of para-hydroxylation sites is 1. The number of hydrogen-bond acceptors (Lipinski definition) is 1. The summed E-state index contributed by atoms with van der Waals surface area (Å²) in [6.45, 7) is 0. The van der Waals surface area contributed by atoms with Crippen LogP contribution in [0.3, 0.4) is 0 Å². The number of nitrogens with zero attached hydrogens (tertiary/aromatic N) is 1. The Labute approximate surface area is 89.1 Å². The molecule has 0 spiro atoms. The average Bonchev–Trinajstić information content (AvgIpc) is 2.87. The lowest BCUT2D eigenvalue weighted by Gasteiger charge is -2.14. The highest BCUT2D eigenvalue weighted by Crippen LogP contribution is 2.52. The fourth-order valence-electron chi connectivity index (χ4n) is 3.31. The van der Waals surface area contributed by atoms with E-state index >= 15 is 0 Å². The van der Waals surface area contributed by atoms with Gasteiger partial charge in [-0.15, -0.1) is 0 Å². The maximum absolute atomic E-state index is 4.84. The minimum atomic E-state index is 0.773. The highest BCUT2D eigenvalue weighted by Gasteiger charge is 2.37. The predicted molar refractivity (Wildman–Crippen MR) is 61.1 cm³/mol. The summed E-state index contributed by atoms with van der Waals surface area (Å²) in [5.74, 6) is 1.59. The monoisotopic (exact) mass is 195 g/mol. The second-order valence-electron chi connectivity index (χ2n) is 4.86. The first-order chi connectivity index (χ1) is 7.42. The van der Waals surface area contributed by atoms with Gasteiger partial charge in [0.05, 0.1) is 5.52 Å². The van der Waals surface area contributed by atoms with Crippen LogP contribution in [-0.2, 0) is 0 Å². The highest BCUT2D eigenvalue weighted by atomic mass is 14.7.